The molecule has 4 heteroatoms. The number of aromatic nitrogens is 2. The third-order valence-electron chi connectivity index (χ3n) is 3.15. The quantitative estimate of drug-likeness (QED) is 0.688. The van der Waals surface area contributed by atoms with E-state index in [0.29, 0.717) is 11.4 Å². The average molecular weight is 283 g/mol. The fourth-order valence-electron chi connectivity index (χ4n) is 2.29. The van der Waals surface area contributed by atoms with E-state index in [9.17, 15) is 4.79 Å². The van der Waals surface area contributed by atoms with Gasteiger partial charge >= 0.3 is 0 Å². The first-order valence-electron chi connectivity index (χ1n) is 6.22. The van der Waals surface area contributed by atoms with Crippen molar-refractivity contribution in [3.05, 3.63) is 59.4 Å². The molecule has 0 saturated heterocycles. The first-order chi connectivity index (χ1) is 9.81. The number of pyridine rings is 2. The second kappa shape index (κ2) is 5.39. The molecule has 0 amide bonds. The maximum absolute atomic E-state index is 10.9. The van der Waals surface area contributed by atoms with E-state index in [0.717, 1.165) is 34.0 Å². The second-order valence-corrected chi connectivity index (χ2v) is 4.79. The van der Waals surface area contributed by atoms with Gasteiger partial charge in [0, 0.05) is 29.8 Å². The van der Waals surface area contributed by atoms with E-state index < -0.39 is 0 Å². The van der Waals surface area contributed by atoms with Gasteiger partial charge in [0.2, 0.25) is 0 Å². The lowest BCUT2D eigenvalue weighted by atomic mass is 9.98. The van der Waals surface area contributed by atoms with Crippen LogP contribution in [-0.4, -0.2) is 16.3 Å². The maximum Gasteiger partial charge on any atom is 0.124 e. The Kier molecular flexibility index (Phi) is 3.44. The highest BCUT2D eigenvalue weighted by molar-refractivity contribution is 6.35. The molecule has 0 aliphatic rings. The van der Waals surface area contributed by atoms with E-state index >= 15 is 0 Å². The summed E-state index contributed by atoms with van der Waals surface area (Å²) in [5.74, 6) is 0. The molecule has 3 aromatic rings. The number of rotatable bonds is 3. The fourth-order valence-corrected chi connectivity index (χ4v) is 2.51. The molecule has 1 aromatic carbocycles. The lowest BCUT2D eigenvalue weighted by Crippen LogP contribution is -1.96. The predicted molar refractivity (Wildman–Crippen MR) is 79.8 cm³/mol. The number of hydrogen-bond donors (Lipinski definition) is 0. The number of carbonyl (C=O) groups is 1. The van der Waals surface area contributed by atoms with Gasteiger partial charge in [-0.3, -0.25) is 9.97 Å². The van der Waals surface area contributed by atoms with Crippen molar-refractivity contribution < 1.29 is 4.79 Å². The zero-order valence-electron chi connectivity index (χ0n) is 10.6. The summed E-state index contributed by atoms with van der Waals surface area (Å²) in [5, 5.41) is 1.51. The number of hydrogen-bond acceptors (Lipinski definition) is 3. The molecule has 0 radical (unpaired) electrons. The van der Waals surface area contributed by atoms with Crippen molar-refractivity contribution in [3.63, 3.8) is 0 Å². The summed E-state index contributed by atoms with van der Waals surface area (Å²) < 4.78 is 0. The zero-order valence-corrected chi connectivity index (χ0v) is 11.3. The average Bonchev–Trinajstić information content (AvgIpc) is 2.48. The number of nitrogens with zero attached hydrogens (tertiary/aromatic N) is 2. The summed E-state index contributed by atoms with van der Waals surface area (Å²) in [5.41, 5.74) is 3.32. The van der Waals surface area contributed by atoms with Crippen LogP contribution in [0.2, 0.25) is 5.02 Å². The molecule has 0 aliphatic carbocycles. The Bertz CT molecular complexity index is 772. The van der Waals surface area contributed by atoms with E-state index in [1.54, 1.807) is 18.5 Å². The van der Waals surface area contributed by atoms with Crippen LogP contribution >= 0.6 is 11.6 Å². The van der Waals surface area contributed by atoms with Gasteiger partial charge in [0.25, 0.3) is 0 Å². The molecule has 0 spiro atoms. The van der Waals surface area contributed by atoms with E-state index in [2.05, 4.69) is 9.97 Å². The standard InChI is InChI=1S/C16H11ClN2O/c17-13-5-3-4-12-15(14-6-1-2-8-18-14)11(7-9-20)10-19-16(12)13/h1-6,8-10H,7H2. The molecule has 0 N–H and O–H groups in total. The van der Waals surface area contributed by atoms with E-state index in [1.165, 1.54) is 0 Å². The summed E-state index contributed by atoms with van der Waals surface area (Å²) >= 11 is 6.19. The minimum absolute atomic E-state index is 0.307. The summed E-state index contributed by atoms with van der Waals surface area (Å²) in [6, 6.07) is 11.3. The van der Waals surface area contributed by atoms with Gasteiger partial charge in [-0.15, -0.1) is 0 Å². The number of fused-ring (bicyclic) bond motifs is 1. The normalized spacial score (nSPS) is 10.7. The van der Waals surface area contributed by atoms with Crippen LogP contribution in [0.4, 0.5) is 0 Å². The molecule has 98 valence electrons. The number of halogens is 1. The van der Waals surface area contributed by atoms with Gasteiger partial charge < -0.3 is 4.79 Å². The number of benzene rings is 1. The smallest absolute Gasteiger partial charge is 0.124 e. The Morgan fingerprint density at radius 2 is 2.00 bits per heavy atom. The Morgan fingerprint density at radius 1 is 1.10 bits per heavy atom. The van der Waals surface area contributed by atoms with Gasteiger partial charge in [-0.1, -0.05) is 29.8 Å². The van der Waals surface area contributed by atoms with Gasteiger partial charge in [0.1, 0.15) is 6.29 Å². The highest BCUT2D eigenvalue weighted by Gasteiger charge is 2.13. The maximum atomic E-state index is 10.9. The van der Waals surface area contributed by atoms with E-state index in [-0.39, 0.29) is 0 Å². The van der Waals surface area contributed by atoms with Gasteiger partial charge in [0.15, 0.2) is 0 Å². The van der Waals surface area contributed by atoms with Crippen molar-refractivity contribution in [2.45, 2.75) is 6.42 Å². The van der Waals surface area contributed by atoms with E-state index in [1.807, 2.05) is 30.3 Å². The Hall–Kier alpha value is -2.26. The van der Waals surface area contributed by atoms with Crippen LogP contribution in [0, 0.1) is 0 Å². The molecule has 0 bridgehead atoms. The van der Waals surface area contributed by atoms with Crippen LogP contribution in [0.15, 0.2) is 48.8 Å². The van der Waals surface area contributed by atoms with Crippen molar-refractivity contribution in [1.29, 1.82) is 0 Å². The van der Waals surface area contributed by atoms with Crippen molar-refractivity contribution in [2.75, 3.05) is 0 Å². The fraction of sp³-hybridized carbons (Fsp3) is 0.0625. The first kappa shape index (κ1) is 12.8. The molecule has 3 rings (SSSR count). The molecule has 20 heavy (non-hydrogen) atoms. The molecular weight excluding hydrogens is 272 g/mol. The van der Waals surface area contributed by atoms with Crippen LogP contribution in [0.1, 0.15) is 5.56 Å². The molecule has 2 heterocycles. The minimum Gasteiger partial charge on any atom is -0.303 e. The summed E-state index contributed by atoms with van der Waals surface area (Å²) in [6.07, 6.45) is 4.62. The van der Waals surface area contributed by atoms with Crippen LogP contribution in [0.25, 0.3) is 22.2 Å². The Morgan fingerprint density at radius 3 is 2.75 bits per heavy atom. The van der Waals surface area contributed by atoms with Crippen LogP contribution in [0.5, 0.6) is 0 Å². The number of carbonyl (C=O) groups excluding carboxylic acids is 1. The Balaban J connectivity index is 2.38. The van der Waals surface area contributed by atoms with Crippen molar-refractivity contribution in [1.82, 2.24) is 9.97 Å². The molecule has 0 fully saturated rings. The topological polar surface area (TPSA) is 42.9 Å². The SMILES string of the molecule is O=CCc1cnc2c(Cl)cccc2c1-c1ccccn1. The Labute approximate surface area is 121 Å². The molecule has 0 saturated carbocycles. The van der Waals surface area contributed by atoms with E-state index in [4.69, 9.17) is 11.6 Å². The van der Waals surface area contributed by atoms with Gasteiger partial charge in [0.05, 0.1) is 16.2 Å². The van der Waals surface area contributed by atoms with Gasteiger partial charge in [-0.2, -0.15) is 0 Å². The largest absolute Gasteiger partial charge is 0.303 e. The molecule has 2 aromatic heterocycles. The third kappa shape index (κ3) is 2.17. The molecular formula is C16H11ClN2O. The predicted octanol–water partition coefficient (Wildman–Crippen LogP) is 3.69. The minimum atomic E-state index is 0.307. The molecule has 3 nitrogen and oxygen atoms in total. The van der Waals surface area contributed by atoms with Crippen molar-refractivity contribution in [3.8, 4) is 11.3 Å². The molecule has 0 aliphatic heterocycles. The summed E-state index contributed by atoms with van der Waals surface area (Å²) in [6.45, 7) is 0. The number of aldehydes is 1. The summed E-state index contributed by atoms with van der Waals surface area (Å²) in [7, 11) is 0. The van der Waals surface area contributed by atoms with Gasteiger partial charge in [-0.05, 0) is 23.8 Å². The zero-order chi connectivity index (χ0) is 13.9. The highest BCUT2D eigenvalue weighted by Crippen LogP contribution is 2.32. The van der Waals surface area contributed by atoms with Crippen LogP contribution < -0.4 is 0 Å². The lowest BCUT2D eigenvalue weighted by Gasteiger charge is -2.11. The first-order valence-corrected chi connectivity index (χ1v) is 6.60. The van der Waals surface area contributed by atoms with Gasteiger partial charge in [-0.25, -0.2) is 0 Å². The molecule has 0 atom stereocenters. The lowest BCUT2D eigenvalue weighted by molar-refractivity contribution is -0.107. The van der Waals surface area contributed by atoms with Crippen LogP contribution in [-0.2, 0) is 11.2 Å². The van der Waals surface area contributed by atoms with Crippen molar-refractivity contribution in [2.24, 2.45) is 0 Å². The highest BCUT2D eigenvalue weighted by atomic mass is 35.5. The van der Waals surface area contributed by atoms with Crippen LogP contribution in [0.3, 0.4) is 0 Å². The monoisotopic (exact) mass is 282 g/mol. The third-order valence-corrected chi connectivity index (χ3v) is 3.46. The summed E-state index contributed by atoms with van der Waals surface area (Å²) in [4.78, 5) is 19.6. The van der Waals surface area contributed by atoms with Crippen molar-refractivity contribution >= 4 is 28.8 Å². The second-order valence-electron chi connectivity index (χ2n) is 4.38. The number of para-hydroxylation sites is 1. The molecule has 0 unspecified atom stereocenters.